The lowest BCUT2D eigenvalue weighted by atomic mass is 9.69. The number of rotatable bonds is 10. The Morgan fingerprint density at radius 2 is 1.74 bits per heavy atom. The van der Waals surface area contributed by atoms with E-state index in [9.17, 15) is 14.0 Å². The maximum Gasteiger partial charge on any atom is 0.257 e. The van der Waals surface area contributed by atoms with Crippen molar-refractivity contribution in [3.8, 4) is 5.75 Å². The molecule has 0 aromatic heterocycles. The molecule has 0 spiro atoms. The molecular weight excluding hydrogens is 431 g/mol. The Morgan fingerprint density at radius 3 is 2.41 bits per heavy atom. The smallest absolute Gasteiger partial charge is 0.257 e. The molecule has 3 atom stereocenters. The van der Waals surface area contributed by atoms with Gasteiger partial charge in [-0.15, -0.1) is 0 Å². The van der Waals surface area contributed by atoms with E-state index in [1.165, 1.54) is 17.7 Å². The number of halogens is 1. The van der Waals surface area contributed by atoms with Gasteiger partial charge in [0.15, 0.2) is 6.61 Å². The predicted octanol–water partition coefficient (Wildman–Crippen LogP) is 4.88. The third kappa shape index (κ3) is 7.72. The van der Waals surface area contributed by atoms with Crippen molar-refractivity contribution in [2.75, 3.05) is 13.2 Å². The van der Waals surface area contributed by atoms with Crippen molar-refractivity contribution in [1.82, 2.24) is 10.6 Å². The normalized spacial score (nSPS) is 19.9. The lowest BCUT2D eigenvalue weighted by Gasteiger charge is -2.37. The van der Waals surface area contributed by atoms with Gasteiger partial charge in [-0.1, -0.05) is 55.8 Å². The van der Waals surface area contributed by atoms with E-state index in [0.29, 0.717) is 37.1 Å². The highest BCUT2D eigenvalue weighted by atomic mass is 19.1. The van der Waals surface area contributed by atoms with E-state index in [2.05, 4.69) is 37.5 Å². The molecule has 0 aliphatic heterocycles. The van der Waals surface area contributed by atoms with Crippen molar-refractivity contribution in [1.29, 1.82) is 0 Å². The van der Waals surface area contributed by atoms with Gasteiger partial charge in [0, 0.05) is 19.5 Å². The standard InChI is InChI=1S/C28H35FN2O3/c1-19(2)26-14-22(15-27(32)30-16-21-9-11-24(29)12-10-21)20(3)13-23(26)17-31-28(33)18-34-25-7-5-4-6-8-25/h4-13,19,22-23,26H,14-18H2,1-3H3,(H,30,32)(H,31,33)/t22-,23-,26-/m0/s1. The number of benzene rings is 2. The molecule has 0 fully saturated rings. The first kappa shape index (κ1) is 25.5. The minimum Gasteiger partial charge on any atom is -0.484 e. The molecule has 1 aliphatic carbocycles. The van der Waals surface area contributed by atoms with E-state index in [4.69, 9.17) is 4.74 Å². The van der Waals surface area contributed by atoms with Gasteiger partial charge in [0.05, 0.1) is 0 Å². The minimum absolute atomic E-state index is 0.00519. The largest absolute Gasteiger partial charge is 0.484 e. The Kier molecular flexibility index (Phi) is 9.25. The molecule has 0 saturated heterocycles. The summed E-state index contributed by atoms with van der Waals surface area (Å²) in [6.07, 6.45) is 3.56. The van der Waals surface area contributed by atoms with Crippen molar-refractivity contribution in [3.05, 3.63) is 77.6 Å². The van der Waals surface area contributed by atoms with Gasteiger partial charge in [-0.3, -0.25) is 9.59 Å². The number of carbonyl (C=O) groups excluding carboxylic acids is 2. The monoisotopic (exact) mass is 466 g/mol. The van der Waals surface area contributed by atoms with Crippen LogP contribution in [0, 0.1) is 29.5 Å². The van der Waals surface area contributed by atoms with Crippen LogP contribution in [0.3, 0.4) is 0 Å². The van der Waals surface area contributed by atoms with Crippen molar-refractivity contribution in [2.24, 2.45) is 23.7 Å². The molecule has 0 saturated carbocycles. The first-order valence-corrected chi connectivity index (χ1v) is 12.0. The fourth-order valence-corrected chi connectivity index (χ4v) is 4.55. The number of hydrogen-bond donors (Lipinski definition) is 2. The second-order valence-electron chi connectivity index (χ2n) is 9.43. The number of para-hydroxylation sites is 1. The van der Waals surface area contributed by atoms with E-state index < -0.39 is 0 Å². The third-order valence-corrected chi connectivity index (χ3v) is 6.57. The fraction of sp³-hybridized carbons (Fsp3) is 0.429. The summed E-state index contributed by atoms with van der Waals surface area (Å²) in [5.74, 6) is 1.44. The van der Waals surface area contributed by atoms with Crippen LogP contribution in [0.5, 0.6) is 5.75 Å². The Hall–Kier alpha value is -3.15. The van der Waals surface area contributed by atoms with Gasteiger partial charge in [0.2, 0.25) is 5.91 Å². The van der Waals surface area contributed by atoms with E-state index in [1.807, 2.05) is 30.3 Å². The molecule has 6 heteroatoms. The molecule has 2 amide bonds. The van der Waals surface area contributed by atoms with E-state index in [1.54, 1.807) is 12.1 Å². The van der Waals surface area contributed by atoms with Gasteiger partial charge in [-0.25, -0.2) is 4.39 Å². The number of allylic oxidation sites excluding steroid dienone is 1. The Bertz CT molecular complexity index is 973. The molecule has 34 heavy (non-hydrogen) atoms. The fourth-order valence-electron chi connectivity index (χ4n) is 4.55. The Balaban J connectivity index is 1.50. The maximum absolute atomic E-state index is 13.1. The van der Waals surface area contributed by atoms with Crippen molar-refractivity contribution in [3.63, 3.8) is 0 Å². The predicted molar refractivity (Wildman–Crippen MR) is 131 cm³/mol. The molecule has 2 aromatic carbocycles. The third-order valence-electron chi connectivity index (χ3n) is 6.57. The summed E-state index contributed by atoms with van der Waals surface area (Å²) in [5.41, 5.74) is 2.06. The average molecular weight is 467 g/mol. The molecule has 0 unspecified atom stereocenters. The zero-order valence-corrected chi connectivity index (χ0v) is 20.2. The zero-order chi connectivity index (χ0) is 24.5. The van der Waals surface area contributed by atoms with Gasteiger partial charge in [-0.2, -0.15) is 0 Å². The maximum atomic E-state index is 13.1. The number of amides is 2. The quantitative estimate of drug-likeness (QED) is 0.491. The molecule has 2 N–H and O–H groups in total. The first-order valence-electron chi connectivity index (χ1n) is 12.0. The summed E-state index contributed by atoms with van der Waals surface area (Å²) in [4.78, 5) is 24.9. The topological polar surface area (TPSA) is 67.4 Å². The van der Waals surface area contributed by atoms with Gasteiger partial charge in [0.1, 0.15) is 11.6 Å². The highest BCUT2D eigenvalue weighted by Crippen LogP contribution is 2.38. The van der Waals surface area contributed by atoms with Gasteiger partial charge >= 0.3 is 0 Å². The van der Waals surface area contributed by atoms with Gasteiger partial charge in [-0.05, 0) is 66.8 Å². The second-order valence-corrected chi connectivity index (χ2v) is 9.43. The lowest BCUT2D eigenvalue weighted by Crippen LogP contribution is -2.39. The zero-order valence-electron chi connectivity index (χ0n) is 20.2. The lowest BCUT2D eigenvalue weighted by molar-refractivity contribution is -0.123. The highest BCUT2D eigenvalue weighted by molar-refractivity contribution is 5.77. The van der Waals surface area contributed by atoms with Crippen LogP contribution in [-0.4, -0.2) is 25.0 Å². The van der Waals surface area contributed by atoms with Crippen LogP contribution in [0.25, 0.3) is 0 Å². The molecule has 0 heterocycles. The number of nitrogens with one attached hydrogen (secondary N) is 2. The molecule has 1 aliphatic rings. The van der Waals surface area contributed by atoms with Crippen molar-refractivity contribution < 1.29 is 18.7 Å². The van der Waals surface area contributed by atoms with Crippen molar-refractivity contribution in [2.45, 2.75) is 40.2 Å². The highest BCUT2D eigenvalue weighted by Gasteiger charge is 2.32. The number of hydrogen-bond acceptors (Lipinski definition) is 3. The van der Waals surface area contributed by atoms with Crippen LogP contribution >= 0.6 is 0 Å². The summed E-state index contributed by atoms with van der Waals surface area (Å²) >= 11 is 0. The van der Waals surface area contributed by atoms with Crippen LogP contribution in [0.4, 0.5) is 4.39 Å². The number of carbonyl (C=O) groups is 2. The molecule has 2 aromatic rings. The van der Waals surface area contributed by atoms with Crippen LogP contribution in [0.2, 0.25) is 0 Å². The molecule has 182 valence electrons. The summed E-state index contributed by atoms with van der Waals surface area (Å²) in [5, 5.41) is 5.96. The van der Waals surface area contributed by atoms with Crippen LogP contribution in [0.1, 0.15) is 39.2 Å². The Labute approximate surface area is 201 Å². The van der Waals surface area contributed by atoms with Crippen LogP contribution in [-0.2, 0) is 16.1 Å². The Morgan fingerprint density at radius 1 is 1.03 bits per heavy atom. The first-order chi connectivity index (χ1) is 16.3. The molecule has 5 nitrogen and oxygen atoms in total. The number of ether oxygens (including phenoxy) is 1. The summed E-state index contributed by atoms with van der Waals surface area (Å²) in [7, 11) is 0. The van der Waals surface area contributed by atoms with E-state index >= 15 is 0 Å². The molecule has 0 bridgehead atoms. The molecule has 3 rings (SSSR count). The molecule has 0 radical (unpaired) electrons. The summed E-state index contributed by atoms with van der Waals surface area (Å²) < 4.78 is 18.6. The van der Waals surface area contributed by atoms with E-state index in [-0.39, 0.29) is 36.1 Å². The van der Waals surface area contributed by atoms with Gasteiger partial charge < -0.3 is 15.4 Å². The second kappa shape index (κ2) is 12.4. The van der Waals surface area contributed by atoms with Crippen molar-refractivity contribution >= 4 is 11.8 Å². The van der Waals surface area contributed by atoms with Crippen LogP contribution in [0.15, 0.2) is 66.2 Å². The average Bonchev–Trinajstić information content (AvgIpc) is 2.83. The molecular formula is C28H35FN2O3. The van der Waals surface area contributed by atoms with Crippen LogP contribution < -0.4 is 15.4 Å². The van der Waals surface area contributed by atoms with E-state index in [0.717, 1.165) is 12.0 Å². The summed E-state index contributed by atoms with van der Waals surface area (Å²) in [6.45, 7) is 7.39. The van der Waals surface area contributed by atoms with Gasteiger partial charge in [0.25, 0.3) is 5.91 Å². The summed E-state index contributed by atoms with van der Waals surface area (Å²) in [6, 6.07) is 15.5. The SMILES string of the molecule is CC1=C[C@@H](CNC(=O)COc2ccccc2)[C@H](C(C)C)C[C@H]1CC(=O)NCc1ccc(F)cc1. The minimum atomic E-state index is -0.285.